The average molecular weight is 674 g/mol. The normalized spacial score (nSPS) is 16.2. The Kier molecular flexibility index (Phi) is 10.2. The largest absolute Gasteiger partial charge is 0.674 e. The fourth-order valence-electron chi connectivity index (χ4n) is 4.26. The number of aromatic nitrogens is 3. The Morgan fingerprint density at radius 2 is 1.76 bits per heavy atom. The highest BCUT2D eigenvalue weighted by Crippen LogP contribution is 2.32. The monoisotopic (exact) mass is 673 g/mol. The lowest BCUT2D eigenvalue weighted by Gasteiger charge is -2.38. The van der Waals surface area contributed by atoms with E-state index >= 15 is 0 Å². The number of benzene rings is 2. The second kappa shape index (κ2) is 13.6. The van der Waals surface area contributed by atoms with Crippen molar-refractivity contribution in [3.63, 3.8) is 0 Å². The van der Waals surface area contributed by atoms with E-state index in [1.54, 1.807) is 23.2 Å². The summed E-state index contributed by atoms with van der Waals surface area (Å²) in [5.74, 6) is -4.69. The first kappa shape index (κ1) is 33.9. The summed E-state index contributed by atoms with van der Waals surface area (Å²) in [6.07, 6.45) is -2.20. The highest BCUT2D eigenvalue weighted by atomic mass is 32.2. The molecule has 11 nitrogen and oxygen atoms in total. The lowest BCUT2D eigenvalue weighted by molar-refractivity contribution is -0.274. The van der Waals surface area contributed by atoms with Gasteiger partial charge in [-0.2, -0.15) is 9.29 Å². The summed E-state index contributed by atoms with van der Waals surface area (Å²) in [5.41, 5.74) is 8.27. The molecule has 5 rings (SSSR count). The molecule has 45 heavy (non-hydrogen) atoms. The molecular formula is C27H26F5N6O5S2-. The highest BCUT2D eigenvalue weighted by molar-refractivity contribution is 7.89. The van der Waals surface area contributed by atoms with Gasteiger partial charge in [0.1, 0.15) is 18.1 Å². The number of fused-ring (bicyclic) bond motifs is 1. The van der Waals surface area contributed by atoms with Crippen molar-refractivity contribution in [2.45, 2.75) is 43.1 Å². The average Bonchev–Trinajstić information content (AvgIpc) is 3.45. The van der Waals surface area contributed by atoms with Crippen molar-refractivity contribution < 1.29 is 45.0 Å². The molecule has 1 aliphatic rings. The number of aliphatic carboxylic acids is 1. The van der Waals surface area contributed by atoms with Crippen molar-refractivity contribution in [3.8, 4) is 5.75 Å². The molecule has 0 radical (unpaired) electrons. The van der Waals surface area contributed by atoms with Gasteiger partial charge in [0.2, 0.25) is 10.0 Å². The smallest absolute Gasteiger partial charge is 0.573 e. The number of sulfonamides is 1. The van der Waals surface area contributed by atoms with Crippen LogP contribution in [0.5, 0.6) is 5.75 Å². The molecule has 0 saturated carbocycles. The van der Waals surface area contributed by atoms with Gasteiger partial charge in [0.05, 0.1) is 9.60 Å². The quantitative estimate of drug-likeness (QED) is 0.233. The SMILES string of the molecule is CCC(F)(F)c1ccc(C[NH-])cc1.O=C(O)[C@H]1CN(c2nc3ncncc3s2)CCN1S(=O)(=O)c1ccc(OC(F)(F)F)cc1. The number of halogens is 5. The Balaban J connectivity index is 0.000000297. The molecule has 0 unspecified atom stereocenters. The maximum absolute atomic E-state index is 13.1. The van der Waals surface area contributed by atoms with Gasteiger partial charge in [-0.05, 0) is 24.3 Å². The Morgan fingerprint density at radius 1 is 1.09 bits per heavy atom. The number of hydrogen-bond donors (Lipinski definition) is 1. The Morgan fingerprint density at radius 3 is 2.31 bits per heavy atom. The van der Waals surface area contributed by atoms with Gasteiger partial charge in [0, 0.05) is 37.8 Å². The van der Waals surface area contributed by atoms with Crippen LogP contribution >= 0.6 is 11.3 Å². The first-order valence-electron chi connectivity index (χ1n) is 13.2. The molecular weight excluding hydrogens is 647 g/mol. The Hall–Kier alpha value is -4.00. The molecule has 18 heteroatoms. The van der Waals surface area contributed by atoms with Crippen molar-refractivity contribution in [2.24, 2.45) is 0 Å². The number of carboxylic acids is 1. The molecule has 242 valence electrons. The van der Waals surface area contributed by atoms with Gasteiger partial charge in [-0.3, -0.25) is 4.79 Å². The van der Waals surface area contributed by atoms with Crippen LogP contribution in [0.4, 0.5) is 27.1 Å². The first-order valence-corrected chi connectivity index (χ1v) is 15.4. The molecule has 2 N–H and O–H groups in total. The molecule has 0 aliphatic carbocycles. The second-order valence-corrected chi connectivity index (χ2v) is 12.5. The van der Waals surface area contributed by atoms with Crippen LogP contribution < -0.4 is 9.64 Å². The molecule has 1 aliphatic heterocycles. The zero-order chi connectivity index (χ0) is 33.0. The van der Waals surface area contributed by atoms with Crippen LogP contribution in [0.3, 0.4) is 0 Å². The number of ether oxygens (including phenoxy) is 1. The topological polar surface area (TPSA) is 150 Å². The van der Waals surface area contributed by atoms with E-state index in [2.05, 4.69) is 19.7 Å². The zero-order valence-corrected chi connectivity index (χ0v) is 25.0. The molecule has 1 fully saturated rings. The van der Waals surface area contributed by atoms with E-state index in [1.165, 1.54) is 36.7 Å². The minimum absolute atomic E-state index is 0.0344. The van der Waals surface area contributed by atoms with Gasteiger partial charge in [-0.25, -0.2) is 27.2 Å². The van der Waals surface area contributed by atoms with Crippen molar-refractivity contribution in [2.75, 3.05) is 24.5 Å². The number of hydrogen-bond acceptors (Lipinski definition) is 9. The third-order valence-electron chi connectivity index (χ3n) is 6.64. The van der Waals surface area contributed by atoms with Crippen molar-refractivity contribution in [1.82, 2.24) is 19.3 Å². The second-order valence-electron chi connectivity index (χ2n) is 9.57. The van der Waals surface area contributed by atoms with Gasteiger partial charge >= 0.3 is 12.3 Å². The summed E-state index contributed by atoms with van der Waals surface area (Å²) in [5, 5.41) is 10.2. The fourth-order valence-corrected chi connectivity index (χ4v) is 6.75. The van der Waals surface area contributed by atoms with Crippen LogP contribution in [0.25, 0.3) is 16.1 Å². The number of rotatable bonds is 8. The van der Waals surface area contributed by atoms with Gasteiger partial charge < -0.3 is 20.5 Å². The van der Waals surface area contributed by atoms with E-state index in [0.717, 1.165) is 34.1 Å². The molecule has 1 saturated heterocycles. The fraction of sp³-hybridized carbons (Fsp3) is 0.333. The maximum Gasteiger partial charge on any atom is 0.573 e. The van der Waals surface area contributed by atoms with Crippen LogP contribution in [0.1, 0.15) is 24.5 Å². The molecule has 0 amide bonds. The molecule has 4 aromatic rings. The number of carboxylic acid groups (broad SMARTS) is 1. The van der Waals surface area contributed by atoms with Crippen LogP contribution in [0, 0.1) is 0 Å². The van der Waals surface area contributed by atoms with E-state index in [4.69, 9.17) is 5.73 Å². The summed E-state index contributed by atoms with van der Waals surface area (Å²) >= 11 is 1.25. The molecule has 1 atom stereocenters. The summed E-state index contributed by atoms with van der Waals surface area (Å²) in [6.45, 7) is 1.42. The van der Waals surface area contributed by atoms with Crippen LogP contribution in [0.2, 0.25) is 0 Å². The third-order valence-corrected chi connectivity index (χ3v) is 9.60. The maximum atomic E-state index is 13.1. The van der Waals surface area contributed by atoms with Gasteiger partial charge in [-0.1, -0.05) is 48.1 Å². The lowest BCUT2D eigenvalue weighted by Crippen LogP contribution is -2.58. The summed E-state index contributed by atoms with van der Waals surface area (Å²) in [6, 6.07) is 8.10. The number of alkyl halides is 5. The Labute approximate surface area is 258 Å². The zero-order valence-electron chi connectivity index (χ0n) is 23.4. The Bertz CT molecular complexity index is 1690. The van der Waals surface area contributed by atoms with E-state index in [-0.39, 0.29) is 43.1 Å². The number of piperazine rings is 1. The highest BCUT2D eigenvalue weighted by Gasteiger charge is 2.41. The summed E-state index contributed by atoms with van der Waals surface area (Å²) in [7, 11) is -4.30. The molecule has 2 aromatic carbocycles. The number of anilines is 1. The van der Waals surface area contributed by atoms with Gasteiger partial charge in [0.15, 0.2) is 10.8 Å². The standard InChI is InChI=1S/C17H14F3N5O5S2.C10H12F2N/c18-17(19,20)30-10-1-3-11(4-2-10)32(28,29)25-6-5-24(8-12(25)15(26)27)16-23-14-13(31-16)7-21-9-22-14;1-2-10(11,12)9-5-3-8(7-13)4-6-9/h1-4,7,9,12H,5-6,8H2,(H,26,27);3-6,13H,2,7H2,1H3/q;-1/t12-;/m1./s1. The number of carbonyl (C=O) groups is 1. The van der Waals surface area contributed by atoms with Crippen LogP contribution in [-0.2, 0) is 27.3 Å². The van der Waals surface area contributed by atoms with Crippen molar-refractivity contribution in [3.05, 3.63) is 77.9 Å². The predicted octanol–water partition coefficient (Wildman–Crippen LogP) is 5.69. The summed E-state index contributed by atoms with van der Waals surface area (Å²) in [4.78, 5) is 25.5. The van der Waals surface area contributed by atoms with E-state index in [1.807, 2.05) is 0 Å². The first-order chi connectivity index (χ1) is 21.1. The summed E-state index contributed by atoms with van der Waals surface area (Å²) < 4.78 is 94.4. The van der Waals surface area contributed by atoms with E-state index in [9.17, 15) is 40.3 Å². The van der Waals surface area contributed by atoms with Crippen molar-refractivity contribution in [1.29, 1.82) is 0 Å². The minimum atomic E-state index is -4.92. The van der Waals surface area contributed by atoms with E-state index in [0.29, 0.717) is 15.5 Å². The van der Waals surface area contributed by atoms with E-state index < -0.39 is 40.1 Å². The molecule has 0 spiro atoms. The third kappa shape index (κ3) is 8.19. The number of nitrogens with zero attached hydrogens (tertiary/aromatic N) is 5. The van der Waals surface area contributed by atoms with Gasteiger partial charge in [-0.15, -0.1) is 19.7 Å². The minimum Gasteiger partial charge on any atom is -0.674 e. The number of nitrogens with one attached hydrogen (secondary N) is 1. The predicted molar refractivity (Wildman–Crippen MR) is 155 cm³/mol. The number of thiazole rings is 1. The van der Waals surface area contributed by atoms with Gasteiger partial charge in [0.25, 0.3) is 5.92 Å². The van der Waals surface area contributed by atoms with Crippen LogP contribution in [-0.4, -0.2) is 70.8 Å². The molecule has 2 aromatic heterocycles. The molecule has 3 heterocycles. The molecule has 0 bridgehead atoms. The lowest BCUT2D eigenvalue weighted by atomic mass is 10.0. The van der Waals surface area contributed by atoms with Crippen LogP contribution in [0.15, 0.2) is 66.0 Å². The van der Waals surface area contributed by atoms with Crippen molar-refractivity contribution >= 4 is 42.8 Å².